The number of amides is 2. The van der Waals surface area contributed by atoms with Crippen molar-refractivity contribution in [2.75, 3.05) is 20.8 Å². The Hall–Kier alpha value is -2.05. The highest BCUT2D eigenvalue weighted by atomic mass is 32.1. The van der Waals surface area contributed by atoms with E-state index in [0.717, 1.165) is 16.2 Å². The molecule has 0 saturated carbocycles. The molecule has 0 fully saturated rings. The van der Waals surface area contributed by atoms with Gasteiger partial charge in [-0.15, -0.1) is 11.3 Å². The van der Waals surface area contributed by atoms with Crippen molar-refractivity contribution in [2.45, 2.75) is 12.6 Å². The van der Waals surface area contributed by atoms with Gasteiger partial charge in [-0.25, -0.2) is 4.79 Å². The van der Waals surface area contributed by atoms with Crippen LogP contribution in [0.2, 0.25) is 0 Å². The van der Waals surface area contributed by atoms with Crippen LogP contribution in [0.5, 0.6) is 5.75 Å². The van der Waals surface area contributed by atoms with E-state index in [0.29, 0.717) is 13.1 Å². The molecule has 1 aromatic heterocycles. The van der Waals surface area contributed by atoms with Gasteiger partial charge in [0.1, 0.15) is 5.75 Å². The molecule has 0 aliphatic carbocycles. The lowest BCUT2D eigenvalue weighted by atomic mass is 10.1. The molecule has 1 heterocycles. The monoisotopic (exact) mass is 320 g/mol. The molecule has 0 aliphatic heterocycles. The number of carbonyl (C=O) groups is 1. The third-order valence-electron chi connectivity index (χ3n) is 3.20. The summed E-state index contributed by atoms with van der Waals surface area (Å²) >= 11 is 1.61. The summed E-state index contributed by atoms with van der Waals surface area (Å²) in [5.74, 6) is 0.765. The molecule has 0 aliphatic rings. The minimum absolute atomic E-state index is 0.210. The summed E-state index contributed by atoms with van der Waals surface area (Å²) in [6.07, 6.45) is -0.220. The van der Waals surface area contributed by atoms with Crippen molar-refractivity contribution in [3.63, 3.8) is 0 Å². The lowest BCUT2D eigenvalue weighted by Crippen LogP contribution is -2.37. The van der Waals surface area contributed by atoms with Crippen molar-refractivity contribution in [1.82, 2.24) is 10.6 Å². The van der Waals surface area contributed by atoms with Crippen molar-refractivity contribution >= 4 is 17.4 Å². The first kappa shape index (κ1) is 16.3. The fourth-order valence-corrected chi connectivity index (χ4v) is 2.65. The van der Waals surface area contributed by atoms with E-state index >= 15 is 0 Å². The normalized spacial score (nSPS) is 11.7. The van der Waals surface area contributed by atoms with Crippen molar-refractivity contribution in [3.05, 3.63) is 52.2 Å². The van der Waals surface area contributed by atoms with Gasteiger partial charge in [-0.05, 0) is 29.1 Å². The van der Waals surface area contributed by atoms with Gasteiger partial charge in [0, 0.05) is 18.5 Å². The number of nitrogens with one attached hydrogen (secondary N) is 2. The number of methoxy groups -OCH3 is 2. The maximum Gasteiger partial charge on any atom is 0.315 e. The van der Waals surface area contributed by atoms with Crippen LogP contribution in [0.4, 0.5) is 4.79 Å². The van der Waals surface area contributed by atoms with Crippen LogP contribution in [0.25, 0.3) is 0 Å². The fourth-order valence-electron chi connectivity index (χ4n) is 2.01. The summed E-state index contributed by atoms with van der Waals surface area (Å²) in [6.45, 7) is 0.917. The van der Waals surface area contributed by atoms with Gasteiger partial charge in [0.15, 0.2) is 0 Å². The van der Waals surface area contributed by atoms with E-state index in [1.165, 1.54) is 0 Å². The zero-order valence-corrected chi connectivity index (χ0v) is 13.5. The molecule has 118 valence electrons. The van der Waals surface area contributed by atoms with Crippen LogP contribution in [0.3, 0.4) is 0 Å². The highest BCUT2D eigenvalue weighted by Gasteiger charge is 2.12. The Kier molecular flexibility index (Phi) is 6.24. The Balaban J connectivity index is 1.83. The first-order valence-electron chi connectivity index (χ1n) is 6.93. The van der Waals surface area contributed by atoms with Crippen LogP contribution >= 0.6 is 11.3 Å². The second-order valence-electron chi connectivity index (χ2n) is 4.64. The van der Waals surface area contributed by atoms with Crippen molar-refractivity contribution in [1.29, 1.82) is 0 Å². The smallest absolute Gasteiger partial charge is 0.315 e. The Bertz CT molecular complexity index is 587. The predicted octanol–water partition coefficient (Wildman–Crippen LogP) is 2.94. The molecule has 2 amide bonds. The van der Waals surface area contributed by atoms with Gasteiger partial charge in [0.25, 0.3) is 0 Å². The number of carbonyl (C=O) groups excluding carboxylic acids is 1. The molecule has 6 heteroatoms. The molecule has 2 aromatic rings. The molecule has 2 rings (SSSR count). The summed E-state index contributed by atoms with van der Waals surface area (Å²) in [5, 5.41) is 7.62. The molecule has 0 saturated heterocycles. The van der Waals surface area contributed by atoms with Crippen molar-refractivity contribution in [3.8, 4) is 5.75 Å². The third-order valence-corrected chi connectivity index (χ3v) is 4.08. The summed E-state index contributed by atoms with van der Waals surface area (Å²) in [5.41, 5.74) is 0.959. The molecule has 2 N–H and O–H groups in total. The molecule has 22 heavy (non-hydrogen) atoms. The van der Waals surface area contributed by atoms with Crippen LogP contribution < -0.4 is 15.4 Å². The molecular weight excluding hydrogens is 300 g/mol. The topological polar surface area (TPSA) is 59.6 Å². The summed E-state index contributed by atoms with van der Waals surface area (Å²) in [7, 11) is 3.24. The van der Waals surface area contributed by atoms with E-state index in [-0.39, 0.29) is 12.1 Å². The standard InChI is InChI=1S/C16H20N2O3S/c1-20-13-6-3-5-12(9-13)15(21-2)11-18-16(19)17-10-14-7-4-8-22-14/h3-9,15H,10-11H2,1-2H3,(H2,17,18,19). The van der Waals surface area contributed by atoms with Crippen LogP contribution in [-0.2, 0) is 11.3 Å². The first-order chi connectivity index (χ1) is 10.7. The van der Waals surface area contributed by atoms with Crippen LogP contribution in [0, 0.1) is 0 Å². The number of rotatable bonds is 7. The Morgan fingerprint density at radius 1 is 1.23 bits per heavy atom. The van der Waals surface area contributed by atoms with E-state index in [9.17, 15) is 4.79 Å². The first-order valence-corrected chi connectivity index (χ1v) is 7.81. The average Bonchev–Trinajstić information content (AvgIpc) is 3.07. The van der Waals surface area contributed by atoms with Crippen molar-refractivity contribution in [2.24, 2.45) is 0 Å². The number of urea groups is 1. The Morgan fingerprint density at radius 3 is 2.77 bits per heavy atom. The molecule has 1 atom stereocenters. The van der Waals surface area contributed by atoms with Crippen molar-refractivity contribution < 1.29 is 14.3 Å². The summed E-state index contributed by atoms with van der Waals surface area (Å²) in [4.78, 5) is 12.9. The number of hydrogen-bond acceptors (Lipinski definition) is 4. The average molecular weight is 320 g/mol. The van der Waals surface area contributed by atoms with Crippen LogP contribution in [0.1, 0.15) is 16.5 Å². The molecule has 0 radical (unpaired) electrons. The SMILES string of the molecule is COc1cccc(C(CNC(=O)NCc2cccs2)OC)c1. The van der Waals surface area contributed by atoms with Gasteiger partial charge >= 0.3 is 6.03 Å². The molecule has 0 spiro atoms. The van der Waals surface area contributed by atoms with Gasteiger partial charge in [-0.3, -0.25) is 0 Å². The molecule has 1 aromatic carbocycles. The minimum atomic E-state index is -0.220. The highest BCUT2D eigenvalue weighted by Crippen LogP contribution is 2.20. The molecule has 5 nitrogen and oxygen atoms in total. The van der Waals surface area contributed by atoms with Crippen LogP contribution in [-0.4, -0.2) is 26.8 Å². The van der Waals surface area contributed by atoms with Gasteiger partial charge in [-0.2, -0.15) is 0 Å². The zero-order chi connectivity index (χ0) is 15.8. The van der Waals surface area contributed by atoms with E-state index in [2.05, 4.69) is 10.6 Å². The minimum Gasteiger partial charge on any atom is -0.497 e. The van der Waals surface area contributed by atoms with Gasteiger partial charge in [-0.1, -0.05) is 18.2 Å². The summed E-state index contributed by atoms with van der Waals surface area (Å²) < 4.78 is 10.6. The second-order valence-corrected chi connectivity index (χ2v) is 5.68. The van der Waals surface area contributed by atoms with Crippen LogP contribution in [0.15, 0.2) is 41.8 Å². The maximum atomic E-state index is 11.8. The number of benzene rings is 1. The zero-order valence-electron chi connectivity index (χ0n) is 12.7. The Labute approximate surface area is 134 Å². The van der Waals surface area contributed by atoms with E-state index in [1.54, 1.807) is 25.6 Å². The number of hydrogen-bond donors (Lipinski definition) is 2. The predicted molar refractivity (Wildman–Crippen MR) is 87.3 cm³/mol. The van der Waals surface area contributed by atoms with Gasteiger partial charge in [0.2, 0.25) is 0 Å². The lowest BCUT2D eigenvalue weighted by molar-refractivity contribution is 0.104. The summed E-state index contributed by atoms with van der Waals surface area (Å²) in [6, 6.07) is 11.4. The van der Waals surface area contributed by atoms with Gasteiger partial charge in [0.05, 0.1) is 19.8 Å². The van der Waals surface area contributed by atoms with E-state index in [4.69, 9.17) is 9.47 Å². The molecular formula is C16H20N2O3S. The maximum absolute atomic E-state index is 11.8. The largest absolute Gasteiger partial charge is 0.497 e. The quantitative estimate of drug-likeness (QED) is 0.824. The van der Waals surface area contributed by atoms with Gasteiger partial charge < -0.3 is 20.1 Å². The van der Waals surface area contributed by atoms with E-state index < -0.39 is 0 Å². The lowest BCUT2D eigenvalue weighted by Gasteiger charge is -2.17. The fraction of sp³-hybridized carbons (Fsp3) is 0.312. The molecule has 1 unspecified atom stereocenters. The second kappa shape index (κ2) is 8.41. The number of ether oxygens (including phenoxy) is 2. The Morgan fingerprint density at radius 2 is 2.09 bits per heavy atom. The van der Waals surface area contributed by atoms with E-state index in [1.807, 2.05) is 41.8 Å². The molecule has 0 bridgehead atoms. The number of thiophene rings is 1. The third kappa shape index (κ3) is 4.75. The highest BCUT2D eigenvalue weighted by molar-refractivity contribution is 7.09.